The van der Waals surface area contributed by atoms with Gasteiger partial charge in [0.1, 0.15) is 0 Å². The molecule has 2 aromatic carbocycles. The highest BCUT2D eigenvalue weighted by atomic mass is 32.2. The molecule has 0 heterocycles. The molecule has 2 nitrogen and oxygen atoms in total. The van der Waals surface area contributed by atoms with Crippen LogP contribution in [0.3, 0.4) is 0 Å². The first-order valence-corrected chi connectivity index (χ1v) is 8.33. The minimum Gasteiger partial charge on any atom is -0.335 e. The lowest BCUT2D eigenvalue weighted by Gasteiger charge is -2.13. The van der Waals surface area contributed by atoms with Gasteiger partial charge in [0, 0.05) is 5.69 Å². The van der Waals surface area contributed by atoms with Gasteiger partial charge in [0.15, 0.2) is 5.17 Å². The van der Waals surface area contributed by atoms with E-state index < -0.39 is 0 Å². The van der Waals surface area contributed by atoms with Crippen LogP contribution in [0.5, 0.6) is 0 Å². The average molecular weight is 298 g/mol. The molecular weight excluding hydrogens is 276 g/mol. The summed E-state index contributed by atoms with van der Waals surface area (Å²) in [5.41, 5.74) is 4.84. The maximum atomic E-state index is 4.79. The molecule has 21 heavy (non-hydrogen) atoms. The number of rotatable bonds is 3. The first-order chi connectivity index (χ1) is 10.1. The third kappa shape index (κ3) is 4.64. The predicted molar refractivity (Wildman–Crippen MR) is 95.3 cm³/mol. The van der Waals surface area contributed by atoms with Gasteiger partial charge in [0.25, 0.3) is 0 Å². The minimum absolute atomic E-state index is 0.145. The van der Waals surface area contributed by atoms with E-state index in [1.54, 1.807) is 11.8 Å². The van der Waals surface area contributed by atoms with Gasteiger partial charge in [-0.05, 0) is 55.9 Å². The molecule has 110 valence electrons. The molecule has 0 spiro atoms. The van der Waals surface area contributed by atoms with Crippen LogP contribution in [0.4, 0.5) is 5.69 Å². The van der Waals surface area contributed by atoms with Crippen molar-refractivity contribution in [1.29, 1.82) is 0 Å². The summed E-state index contributed by atoms with van der Waals surface area (Å²) < 4.78 is 0. The Morgan fingerprint density at radius 2 is 1.67 bits per heavy atom. The molecule has 0 saturated heterocycles. The van der Waals surface area contributed by atoms with Crippen molar-refractivity contribution in [3.63, 3.8) is 0 Å². The van der Waals surface area contributed by atoms with Crippen LogP contribution in [0, 0.1) is 13.8 Å². The van der Waals surface area contributed by atoms with Crippen LogP contribution in [0.1, 0.15) is 29.7 Å². The van der Waals surface area contributed by atoms with Crippen LogP contribution in [-0.4, -0.2) is 11.4 Å². The third-order valence-electron chi connectivity index (χ3n) is 3.26. The second-order valence-corrected chi connectivity index (χ2v) is 6.02. The number of nitrogens with one attached hydrogen (secondary N) is 1. The summed E-state index contributed by atoms with van der Waals surface area (Å²) >= 11 is 1.64. The van der Waals surface area contributed by atoms with E-state index in [1.165, 1.54) is 16.7 Å². The number of hydrogen-bond acceptors (Lipinski definition) is 2. The molecule has 0 aliphatic heterocycles. The second kappa shape index (κ2) is 7.32. The quantitative estimate of drug-likeness (QED) is 0.622. The molecule has 0 unspecified atom stereocenters. The maximum absolute atomic E-state index is 4.79. The van der Waals surface area contributed by atoms with E-state index in [4.69, 9.17) is 4.99 Å². The summed E-state index contributed by atoms with van der Waals surface area (Å²) in [5, 5.41) is 4.37. The van der Waals surface area contributed by atoms with Crippen molar-refractivity contribution >= 4 is 22.6 Å². The molecule has 3 heteroatoms. The van der Waals surface area contributed by atoms with E-state index in [9.17, 15) is 0 Å². The number of thioether (sulfide) groups is 1. The van der Waals surface area contributed by atoms with E-state index >= 15 is 0 Å². The Bertz CT molecular complexity index is 600. The lowest BCUT2D eigenvalue weighted by Crippen LogP contribution is -2.09. The Balaban J connectivity index is 2.17. The molecule has 0 saturated carbocycles. The number of aliphatic imine (C=N–C) groups is 1. The Morgan fingerprint density at radius 3 is 2.24 bits per heavy atom. The maximum Gasteiger partial charge on any atom is 0.161 e. The van der Waals surface area contributed by atoms with Gasteiger partial charge in [-0.25, -0.2) is 0 Å². The summed E-state index contributed by atoms with van der Waals surface area (Å²) in [6, 6.07) is 17.0. The Hall–Kier alpha value is -1.74. The van der Waals surface area contributed by atoms with Crippen molar-refractivity contribution in [3.05, 3.63) is 65.2 Å². The van der Waals surface area contributed by atoms with Crippen LogP contribution >= 0.6 is 11.8 Å². The van der Waals surface area contributed by atoms with E-state index in [1.807, 2.05) is 12.3 Å². The number of anilines is 1. The lowest BCUT2D eigenvalue weighted by molar-refractivity contribution is 0.823. The molecule has 2 aromatic rings. The largest absolute Gasteiger partial charge is 0.335 e. The fourth-order valence-corrected chi connectivity index (χ4v) is 2.77. The molecule has 0 aliphatic carbocycles. The number of nitrogens with zero attached hydrogens (tertiary/aromatic N) is 1. The molecule has 1 atom stereocenters. The van der Waals surface area contributed by atoms with E-state index in [0.29, 0.717) is 0 Å². The molecule has 2 rings (SSSR count). The van der Waals surface area contributed by atoms with Gasteiger partial charge in [-0.1, -0.05) is 48.2 Å². The zero-order chi connectivity index (χ0) is 15.2. The number of amidine groups is 1. The van der Waals surface area contributed by atoms with Crippen molar-refractivity contribution in [1.82, 2.24) is 0 Å². The molecule has 0 aromatic heterocycles. The summed E-state index contributed by atoms with van der Waals surface area (Å²) in [6.07, 6.45) is 2.05. The summed E-state index contributed by atoms with van der Waals surface area (Å²) in [5.74, 6) is 0. The molecule has 0 fully saturated rings. The lowest BCUT2D eigenvalue weighted by atomic mass is 10.1. The first kappa shape index (κ1) is 15.6. The van der Waals surface area contributed by atoms with Gasteiger partial charge in [0.05, 0.1) is 6.04 Å². The molecular formula is C18H22N2S. The van der Waals surface area contributed by atoms with Crippen LogP contribution in [0.25, 0.3) is 0 Å². The van der Waals surface area contributed by atoms with Gasteiger partial charge in [0.2, 0.25) is 0 Å². The zero-order valence-electron chi connectivity index (χ0n) is 13.1. The Morgan fingerprint density at radius 1 is 1.05 bits per heavy atom. The third-order valence-corrected chi connectivity index (χ3v) is 3.85. The SMILES string of the molecule is CSC(=N[C@@H](C)c1ccccc1)Nc1cc(C)cc(C)c1. The summed E-state index contributed by atoms with van der Waals surface area (Å²) in [4.78, 5) is 4.79. The van der Waals surface area contributed by atoms with Crippen molar-refractivity contribution in [2.45, 2.75) is 26.8 Å². The normalized spacial score (nSPS) is 13.0. The second-order valence-electron chi connectivity index (χ2n) is 5.23. The molecule has 0 bridgehead atoms. The van der Waals surface area contributed by atoms with E-state index in [-0.39, 0.29) is 6.04 Å². The molecule has 0 radical (unpaired) electrons. The van der Waals surface area contributed by atoms with Crippen molar-refractivity contribution in [2.24, 2.45) is 4.99 Å². The highest BCUT2D eigenvalue weighted by molar-refractivity contribution is 8.13. The average Bonchev–Trinajstić information content (AvgIpc) is 2.46. The zero-order valence-corrected chi connectivity index (χ0v) is 13.9. The fraction of sp³-hybridized carbons (Fsp3) is 0.278. The summed E-state index contributed by atoms with van der Waals surface area (Å²) in [7, 11) is 0. The Labute approximate surface area is 131 Å². The monoisotopic (exact) mass is 298 g/mol. The first-order valence-electron chi connectivity index (χ1n) is 7.10. The van der Waals surface area contributed by atoms with Gasteiger partial charge < -0.3 is 5.32 Å². The highest BCUT2D eigenvalue weighted by Gasteiger charge is 2.06. The van der Waals surface area contributed by atoms with E-state index in [2.05, 4.69) is 68.6 Å². The van der Waals surface area contributed by atoms with Crippen LogP contribution in [0.15, 0.2) is 53.5 Å². The van der Waals surface area contributed by atoms with Crippen molar-refractivity contribution in [3.8, 4) is 0 Å². The topological polar surface area (TPSA) is 24.4 Å². The van der Waals surface area contributed by atoms with Gasteiger partial charge in [-0.2, -0.15) is 0 Å². The summed E-state index contributed by atoms with van der Waals surface area (Å²) in [6.45, 7) is 6.34. The molecule has 0 aliphatic rings. The van der Waals surface area contributed by atoms with Gasteiger partial charge in [-0.15, -0.1) is 0 Å². The van der Waals surface area contributed by atoms with Crippen LogP contribution in [-0.2, 0) is 0 Å². The molecule has 0 amide bonds. The van der Waals surface area contributed by atoms with Crippen LogP contribution < -0.4 is 5.32 Å². The number of aryl methyl sites for hydroxylation is 2. The standard InChI is InChI=1S/C18H22N2S/c1-13-10-14(2)12-17(11-13)20-18(21-4)19-15(3)16-8-6-5-7-9-16/h5-12,15H,1-4H3,(H,19,20)/t15-/m0/s1. The van der Waals surface area contributed by atoms with Crippen LogP contribution in [0.2, 0.25) is 0 Å². The van der Waals surface area contributed by atoms with Gasteiger partial charge >= 0.3 is 0 Å². The van der Waals surface area contributed by atoms with Gasteiger partial charge in [-0.3, -0.25) is 4.99 Å². The highest BCUT2D eigenvalue weighted by Crippen LogP contribution is 2.20. The Kier molecular flexibility index (Phi) is 5.45. The van der Waals surface area contributed by atoms with Crippen molar-refractivity contribution < 1.29 is 0 Å². The number of benzene rings is 2. The smallest absolute Gasteiger partial charge is 0.161 e. The predicted octanol–water partition coefficient (Wildman–Crippen LogP) is 5.20. The van der Waals surface area contributed by atoms with Crippen molar-refractivity contribution in [2.75, 3.05) is 11.6 Å². The minimum atomic E-state index is 0.145. The number of hydrogen-bond donors (Lipinski definition) is 1. The van der Waals surface area contributed by atoms with E-state index in [0.717, 1.165) is 10.9 Å². The molecule has 1 N–H and O–H groups in total. The fourth-order valence-electron chi connectivity index (χ4n) is 2.29.